The molecule has 4 atom stereocenters. The lowest BCUT2D eigenvalue weighted by molar-refractivity contribution is -0.384. The van der Waals surface area contributed by atoms with Gasteiger partial charge in [0.05, 0.1) is 35.2 Å². The van der Waals surface area contributed by atoms with Crippen molar-refractivity contribution in [2.24, 2.45) is 17.8 Å². The molecule has 1 aliphatic heterocycles. The van der Waals surface area contributed by atoms with Gasteiger partial charge in [0.1, 0.15) is 5.75 Å². The maximum Gasteiger partial charge on any atom is 0.271 e. The standard InChI is InChI=1S/C33H34N2O7/c1-3-20(16-21-12-14-28(37)25-10-5-4-9-24(21)25)11-13-29(38)30-19(2)15-26-31(27(30)18-36)33(40)34(32(26)39)22-7-6-8-23(17-22)35(41)42/h4-10,12,14,16-17,26-27,29,31,36-38H,3,11,13,15,18H2,1-2H3/b20-16+/t26-,27+,29-,31-/m1/s1. The van der Waals surface area contributed by atoms with Crippen LogP contribution in [0, 0.1) is 27.9 Å². The Morgan fingerprint density at radius 2 is 1.83 bits per heavy atom. The number of amides is 2. The van der Waals surface area contributed by atoms with E-state index in [0.717, 1.165) is 38.8 Å². The number of carbonyl (C=O) groups is 2. The molecule has 2 amide bonds. The molecule has 1 fully saturated rings. The van der Waals surface area contributed by atoms with Crippen molar-refractivity contribution in [1.82, 2.24) is 0 Å². The van der Waals surface area contributed by atoms with Crippen molar-refractivity contribution in [3.05, 3.63) is 93.1 Å². The number of aliphatic hydroxyl groups excluding tert-OH is 2. The average molecular weight is 571 g/mol. The zero-order chi connectivity index (χ0) is 30.1. The van der Waals surface area contributed by atoms with Gasteiger partial charge in [0.2, 0.25) is 11.8 Å². The van der Waals surface area contributed by atoms with Crippen LogP contribution in [0.5, 0.6) is 5.75 Å². The van der Waals surface area contributed by atoms with Gasteiger partial charge in [0.15, 0.2) is 0 Å². The summed E-state index contributed by atoms with van der Waals surface area (Å²) in [4.78, 5) is 38.7. The summed E-state index contributed by atoms with van der Waals surface area (Å²) >= 11 is 0. The molecule has 3 N–H and O–H groups in total. The predicted molar refractivity (Wildman–Crippen MR) is 160 cm³/mol. The van der Waals surface area contributed by atoms with Crippen LogP contribution in [-0.2, 0) is 9.59 Å². The highest BCUT2D eigenvalue weighted by Gasteiger charge is 2.55. The first-order valence-corrected chi connectivity index (χ1v) is 14.2. The van der Waals surface area contributed by atoms with Crippen LogP contribution < -0.4 is 4.90 Å². The van der Waals surface area contributed by atoms with Crippen LogP contribution in [0.15, 0.2) is 77.4 Å². The summed E-state index contributed by atoms with van der Waals surface area (Å²) in [6, 6.07) is 16.6. The Balaban J connectivity index is 1.37. The second-order valence-corrected chi connectivity index (χ2v) is 11.1. The number of anilines is 1. The Morgan fingerprint density at radius 3 is 2.52 bits per heavy atom. The van der Waals surface area contributed by atoms with E-state index in [-0.39, 0.29) is 23.5 Å². The first-order valence-electron chi connectivity index (χ1n) is 14.2. The molecule has 1 saturated heterocycles. The highest BCUT2D eigenvalue weighted by Crippen LogP contribution is 2.47. The highest BCUT2D eigenvalue weighted by molar-refractivity contribution is 6.22. The number of non-ortho nitro benzene ring substituents is 1. The molecule has 1 heterocycles. The van der Waals surface area contributed by atoms with E-state index in [9.17, 15) is 35.0 Å². The van der Waals surface area contributed by atoms with Gasteiger partial charge in [-0.1, -0.05) is 60.5 Å². The van der Waals surface area contributed by atoms with Crippen molar-refractivity contribution in [2.45, 2.75) is 45.6 Å². The zero-order valence-electron chi connectivity index (χ0n) is 23.6. The monoisotopic (exact) mass is 570 g/mol. The fourth-order valence-electron chi connectivity index (χ4n) is 6.60. The number of aromatic hydroxyl groups is 1. The van der Waals surface area contributed by atoms with Gasteiger partial charge >= 0.3 is 0 Å². The largest absolute Gasteiger partial charge is 0.507 e. The van der Waals surface area contributed by atoms with E-state index in [1.165, 1.54) is 24.3 Å². The molecule has 0 bridgehead atoms. The van der Waals surface area contributed by atoms with Gasteiger partial charge in [-0.05, 0) is 61.3 Å². The molecule has 0 unspecified atom stereocenters. The SMILES string of the molecule is CC/C(=C\c1ccc(O)c2ccccc12)CC[C@@H](O)C1=C(C)C[C@H]2C(=O)N(c3cccc([N+](=O)[O-])c3)C(=O)[C@H]2[C@H]1CO. The minimum atomic E-state index is -0.927. The van der Waals surface area contributed by atoms with Crippen LogP contribution in [0.25, 0.3) is 16.8 Å². The van der Waals surface area contributed by atoms with Crippen molar-refractivity contribution in [1.29, 1.82) is 0 Å². The second kappa shape index (κ2) is 11.9. The smallest absolute Gasteiger partial charge is 0.271 e. The number of phenolic OH excluding ortho intramolecular Hbond substituents is 1. The van der Waals surface area contributed by atoms with Crippen LogP contribution in [0.1, 0.15) is 45.1 Å². The number of benzene rings is 3. The summed E-state index contributed by atoms with van der Waals surface area (Å²) in [7, 11) is 0. The van der Waals surface area contributed by atoms with Crippen molar-refractivity contribution >= 4 is 40.0 Å². The van der Waals surface area contributed by atoms with Crippen LogP contribution >= 0.6 is 0 Å². The molecule has 3 aromatic carbocycles. The van der Waals surface area contributed by atoms with Gasteiger partial charge in [0.25, 0.3) is 5.69 Å². The van der Waals surface area contributed by atoms with E-state index >= 15 is 0 Å². The number of aliphatic hydroxyl groups is 2. The Hall–Kier alpha value is -4.34. The van der Waals surface area contributed by atoms with Crippen molar-refractivity contribution in [2.75, 3.05) is 11.5 Å². The zero-order valence-corrected chi connectivity index (χ0v) is 23.6. The molecule has 5 rings (SSSR count). The molecule has 0 radical (unpaired) electrons. The van der Waals surface area contributed by atoms with Crippen LogP contribution in [0.4, 0.5) is 11.4 Å². The first kappa shape index (κ1) is 29.2. The molecular formula is C33H34N2O7. The van der Waals surface area contributed by atoms with Crippen molar-refractivity contribution in [3.8, 4) is 5.75 Å². The van der Waals surface area contributed by atoms with E-state index in [4.69, 9.17) is 0 Å². The molecule has 3 aromatic rings. The number of nitro groups is 1. The van der Waals surface area contributed by atoms with E-state index in [0.29, 0.717) is 18.4 Å². The van der Waals surface area contributed by atoms with E-state index in [1.54, 1.807) is 6.07 Å². The predicted octanol–water partition coefficient (Wildman–Crippen LogP) is 5.52. The fourth-order valence-corrected chi connectivity index (χ4v) is 6.60. The Bertz CT molecular complexity index is 1630. The van der Waals surface area contributed by atoms with Crippen molar-refractivity contribution in [3.63, 3.8) is 0 Å². The Labute approximate surface area is 243 Å². The number of nitro benzene ring substituents is 1. The topological polar surface area (TPSA) is 141 Å². The number of rotatable bonds is 9. The molecule has 9 nitrogen and oxygen atoms in total. The summed E-state index contributed by atoms with van der Waals surface area (Å²) in [5.41, 5.74) is 3.33. The fraction of sp³-hybridized carbons (Fsp3) is 0.333. The molecule has 2 aliphatic rings. The Morgan fingerprint density at radius 1 is 1.10 bits per heavy atom. The summed E-state index contributed by atoms with van der Waals surface area (Å²) in [5, 5.41) is 45.1. The van der Waals surface area contributed by atoms with Gasteiger partial charge in [-0.15, -0.1) is 0 Å². The number of fused-ring (bicyclic) bond motifs is 2. The molecule has 0 aromatic heterocycles. The van der Waals surface area contributed by atoms with Crippen molar-refractivity contribution < 1.29 is 29.8 Å². The molecule has 0 spiro atoms. The van der Waals surface area contributed by atoms with Crippen LogP contribution in [0.2, 0.25) is 0 Å². The number of carbonyl (C=O) groups excluding carboxylic acids is 2. The molecular weight excluding hydrogens is 536 g/mol. The van der Waals surface area contributed by atoms with Gasteiger partial charge in [-0.3, -0.25) is 19.7 Å². The molecule has 1 aliphatic carbocycles. The summed E-state index contributed by atoms with van der Waals surface area (Å²) in [6.07, 6.45) is 3.10. The lowest BCUT2D eigenvalue weighted by Crippen LogP contribution is -2.38. The summed E-state index contributed by atoms with van der Waals surface area (Å²) < 4.78 is 0. The normalized spacial score (nSPS) is 21.7. The van der Waals surface area contributed by atoms with E-state index < -0.39 is 47.2 Å². The minimum absolute atomic E-state index is 0.129. The third-order valence-electron chi connectivity index (χ3n) is 8.67. The Kier molecular flexibility index (Phi) is 8.24. The number of hydrogen-bond acceptors (Lipinski definition) is 7. The van der Waals surface area contributed by atoms with E-state index in [2.05, 4.69) is 6.08 Å². The quantitative estimate of drug-likeness (QED) is 0.133. The molecule has 0 saturated carbocycles. The average Bonchev–Trinajstić information content (AvgIpc) is 3.24. The third kappa shape index (κ3) is 5.21. The lowest BCUT2D eigenvalue weighted by Gasteiger charge is -2.35. The molecule has 218 valence electrons. The maximum absolute atomic E-state index is 13.6. The van der Waals surface area contributed by atoms with Gasteiger partial charge in [0, 0.05) is 23.4 Å². The highest BCUT2D eigenvalue weighted by atomic mass is 16.6. The molecule has 9 heteroatoms. The van der Waals surface area contributed by atoms with Gasteiger partial charge < -0.3 is 15.3 Å². The lowest BCUT2D eigenvalue weighted by atomic mass is 9.68. The first-order chi connectivity index (χ1) is 20.2. The molecule has 42 heavy (non-hydrogen) atoms. The number of nitrogens with zero attached hydrogens (tertiary/aromatic N) is 2. The second-order valence-electron chi connectivity index (χ2n) is 11.1. The number of phenols is 1. The number of hydrogen-bond donors (Lipinski definition) is 3. The number of allylic oxidation sites excluding steroid dienone is 2. The summed E-state index contributed by atoms with van der Waals surface area (Å²) in [5.74, 6) is -3.06. The van der Waals surface area contributed by atoms with E-state index in [1.807, 2.05) is 44.2 Å². The minimum Gasteiger partial charge on any atom is -0.507 e. The van der Waals surface area contributed by atoms with Crippen LogP contribution in [-0.4, -0.2) is 44.8 Å². The van der Waals surface area contributed by atoms with Gasteiger partial charge in [-0.2, -0.15) is 0 Å². The summed E-state index contributed by atoms with van der Waals surface area (Å²) in [6.45, 7) is 3.45. The van der Waals surface area contributed by atoms with Crippen LogP contribution in [0.3, 0.4) is 0 Å². The third-order valence-corrected chi connectivity index (χ3v) is 8.67. The number of imide groups is 1. The van der Waals surface area contributed by atoms with Gasteiger partial charge in [-0.25, -0.2) is 4.90 Å². The maximum atomic E-state index is 13.6.